The van der Waals surface area contributed by atoms with Crippen molar-refractivity contribution in [2.24, 2.45) is 5.73 Å². The van der Waals surface area contributed by atoms with Crippen LogP contribution in [0.1, 0.15) is 42.6 Å². The van der Waals surface area contributed by atoms with Crippen molar-refractivity contribution in [3.05, 3.63) is 10.6 Å². The number of aromatic nitrogens is 2. The third-order valence-corrected chi connectivity index (χ3v) is 3.95. The number of hydrogen-bond donors (Lipinski definition) is 2. The van der Waals surface area contributed by atoms with Crippen LogP contribution < -0.4 is 11.1 Å². The Kier molecular flexibility index (Phi) is 4.53. The predicted molar refractivity (Wildman–Crippen MR) is 72.2 cm³/mol. The Labute approximate surface area is 110 Å². The number of amides is 1. The third-order valence-electron chi connectivity index (χ3n) is 2.74. The highest BCUT2D eigenvalue weighted by atomic mass is 32.1. The number of hydrogen-bond acceptors (Lipinski definition) is 5. The van der Waals surface area contributed by atoms with E-state index in [1.165, 1.54) is 0 Å². The molecule has 0 saturated heterocycles. The Balaban J connectivity index is 2.89. The van der Waals surface area contributed by atoms with E-state index in [1.54, 1.807) is 0 Å². The Morgan fingerprint density at radius 2 is 2.24 bits per heavy atom. The van der Waals surface area contributed by atoms with E-state index in [2.05, 4.69) is 14.9 Å². The van der Waals surface area contributed by atoms with Gasteiger partial charge in [0.2, 0.25) is 0 Å². The van der Waals surface area contributed by atoms with Gasteiger partial charge in [0.25, 0.3) is 5.91 Å². The van der Waals surface area contributed by atoms with Gasteiger partial charge in [-0.25, -0.2) is 0 Å². The quantitative estimate of drug-likeness (QED) is 0.789. The summed E-state index contributed by atoms with van der Waals surface area (Å²) in [5, 5.41) is 6.74. The smallest absolute Gasteiger partial charge is 0.265 e. The maximum Gasteiger partial charge on any atom is 0.265 e. The molecule has 0 fully saturated rings. The fourth-order valence-electron chi connectivity index (χ4n) is 1.24. The van der Waals surface area contributed by atoms with E-state index in [-0.39, 0.29) is 10.9 Å². The summed E-state index contributed by atoms with van der Waals surface area (Å²) >= 11 is 6.06. The van der Waals surface area contributed by atoms with Crippen LogP contribution in [-0.4, -0.2) is 26.0 Å². The summed E-state index contributed by atoms with van der Waals surface area (Å²) in [7, 11) is 0. The van der Waals surface area contributed by atoms with E-state index in [0.717, 1.165) is 11.5 Å². The van der Waals surface area contributed by atoms with Crippen molar-refractivity contribution in [2.45, 2.75) is 39.2 Å². The summed E-state index contributed by atoms with van der Waals surface area (Å²) in [6.07, 6.45) is 1.32. The Morgan fingerprint density at radius 3 is 2.71 bits per heavy atom. The van der Waals surface area contributed by atoms with Crippen LogP contribution in [0.15, 0.2) is 0 Å². The fourth-order valence-corrected chi connectivity index (χ4v) is 2.08. The van der Waals surface area contributed by atoms with E-state index in [0.29, 0.717) is 23.4 Å². The van der Waals surface area contributed by atoms with Crippen LogP contribution >= 0.6 is 23.8 Å². The van der Waals surface area contributed by atoms with Gasteiger partial charge < -0.3 is 11.1 Å². The third kappa shape index (κ3) is 2.98. The summed E-state index contributed by atoms with van der Waals surface area (Å²) in [6.45, 7) is 5.67. The maximum atomic E-state index is 12.1. The van der Waals surface area contributed by atoms with Gasteiger partial charge in [-0.1, -0.05) is 30.6 Å². The first kappa shape index (κ1) is 14.0. The van der Waals surface area contributed by atoms with Crippen LogP contribution in [0.5, 0.6) is 0 Å². The highest BCUT2D eigenvalue weighted by molar-refractivity contribution is 7.80. The molecular weight excluding hydrogens is 256 g/mol. The lowest BCUT2D eigenvalue weighted by molar-refractivity contribution is 0.0929. The second-order valence-corrected chi connectivity index (χ2v) is 5.10. The maximum absolute atomic E-state index is 12.1. The normalized spacial score (nSPS) is 14.1. The van der Waals surface area contributed by atoms with Gasteiger partial charge in [-0.3, -0.25) is 4.79 Å². The molecule has 1 heterocycles. The van der Waals surface area contributed by atoms with Crippen LogP contribution in [0.2, 0.25) is 0 Å². The van der Waals surface area contributed by atoms with Crippen LogP contribution in [0, 0.1) is 0 Å². The second-order valence-electron chi connectivity index (χ2n) is 3.91. The Morgan fingerprint density at radius 1 is 1.59 bits per heavy atom. The molecule has 1 amide bonds. The molecule has 1 rings (SSSR count). The highest BCUT2D eigenvalue weighted by Crippen LogP contribution is 2.15. The van der Waals surface area contributed by atoms with E-state index >= 15 is 0 Å². The first-order valence-corrected chi connectivity index (χ1v) is 6.56. The lowest BCUT2D eigenvalue weighted by atomic mass is 9.99. The minimum atomic E-state index is -0.665. The molecular formula is C10H16N4OS2. The molecule has 94 valence electrons. The average molecular weight is 272 g/mol. The van der Waals surface area contributed by atoms with E-state index < -0.39 is 5.54 Å². The standard InChI is InChI=1S/C10H16N4OS2/c1-4-6-7(17-14-13-6)8(15)12-10(3,5-2)9(11)16/h4-5H2,1-3H3,(H2,11,16)(H,12,15). The molecule has 0 radical (unpaired) electrons. The summed E-state index contributed by atoms with van der Waals surface area (Å²) in [4.78, 5) is 12.9. The fraction of sp³-hybridized carbons (Fsp3) is 0.600. The molecule has 3 N–H and O–H groups in total. The number of carbonyl (C=O) groups excluding carboxylic acids is 1. The highest BCUT2D eigenvalue weighted by Gasteiger charge is 2.29. The van der Waals surface area contributed by atoms with Crippen LogP contribution in [-0.2, 0) is 6.42 Å². The largest absolute Gasteiger partial charge is 0.391 e. The number of aryl methyl sites for hydroxylation is 1. The van der Waals surface area contributed by atoms with Gasteiger partial charge in [-0.15, -0.1) is 5.10 Å². The molecule has 1 atom stereocenters. The average Bonchev–Trinajstić information content (AvgIpc) is 2.76. The van der Waals surface area contributed by atoms with Crippen molar-refractivity contribution in [3.63, 3.8) is 0 Å². The first-order chi connectivity index (χ1) is 7.94. The monoisotopic (exact) mass is 272 g/mol. The summed E-state index contributed by atoms with van der Waals surface area (Å²) in [6, 6.07) is 0. The molecule has 1 aromatic heterocycles. The van der Waals surface area contributed by atoms with E-state index in [9.17, 15) is 4.79 Å². The predicted octanol–water partition coefficient (Wildman–Crippen LogP) is 1.29. The molecule has 0 spiro atoms. The summed E-state index contributed by atoms with van der Waals surface area (Å²) < 4.78 is 3.78. The van der Waals surface area contributed by atoms with E-state index in [4.69, 9.17) is 18.0 Å². The Bertz CT molecular complexity index is 432. The minimum Gasteiger partial charge on any atom is -0.391 e. The van der Waals surface area contributed by atoms with Gasteiger partial charge in [0, 0.05) is 0 Å². The van der Waals surface area contributed by atoms with Crippen molar-refractivity contribution >= 4 is 34.6 Å². The molecule has 0 aliphatic rings. The number of nitrogens with one attached hydrogen (secondary N) is 1. The molecule has 1 unspecified atom stereocenters. The molecule has 0 saturated carbocycles. The molecule has 5 nitrogen and oxygen atoms in total. The van der Waals surface area contributed by atoms with Crippen molar-refractivity contribution in [1.29, 1.82) is 0 Å². The topological polar surface area (TPSA) is 80.9 Å². The summed E-state index contributed by atoms with van der Waals surface area (Å²) in [5.74, 6) is -0.214. The lowest BCUT2D eigenvalue weighted by Gasteiger charge is -2.27. The number of nitrogens with zero attached hydrogens (tertiary/aromatic N) is 2. The van der Waals surface area contributed by atoms with E-state index in [1.807, 2.05) is 20.8 Å². The van der Waals surface area contributed by atoms with Crippen molar-refractivity contribution in [3.8, 4) is 0 Å². The molecule has 0 bridgehead atoms. The molecule has 1 aromatic rings. The number of thiocarbonyl (C=S) groups is 1. The number of carbonyl (C=O) groups is 1. The SMILES string of the molecule is CCc1nnsc1C(=O)NC(C)(CC)C(N)=S. The minimum absolute atomic E-state index is 0.214. The Hall–Kier alpha value is -1.08. The second kappa shape index (κ2) is 5.50. The van der Waals surface area contributed by atoms with Gasteiger partial charge in [0.15, 0.2) is 0 Å². The molecule has 0 aliphatic carbocycles. The van der Waals surface area contributed by atoms with Crippen molar-refractivity contribution in [1.82, 2.24) is 14.9 Å². The van der Waals surface area contributed by atoms with Gasteiger partial charge in [0.05, 0.1) is 16.2 Å². The van der Waals surface area contributed by atoms with Crippen molar-refractivity contribution < 1.29 is 4.79 Å². The van der Waals surface area contributed by atoms with Crippen LogP contribution in [0.4, 0.5) is 0 Å². The summed E-state index contributed by atoms with van der Waals surface area (Å²) in [5.41, 5.74) is 5.68. The number of nitrogens with two attached hydrogens (primary N) is 1. The zero-order valence-electron chi connectivity index (χ0n) is 10.1. The molecule has 0 aliphatic heterocycles. The van der Waals surface area contributed by atoms with Crippen LogP contribution in [0.3, 0.4) is 0 Å². The lowest BCUT2D eigenvalue weighted by Crippen LogP contribution is -2.54. The van der Waals surface area contributed by atoms with Gasteiger partial charge >= 0.3 is 0 Å². The zero-order chi connectivity index (χ0) is 13.1. The van der Waals surface area contributed by atoms with Gasteiger partial charge in [-0.2, -0.15) is 0 Å². The number of rotatable bonds is 5. The molecule has 17 heavy (non-hydrogen) atoms. The molecule has 7 heteroatoms. The van der Waals surface area contributed by atoms with Crippen LogP contribution in [0.25, 0.3) is 0 Å². The van der Waals surface area contributed by atoms with Crippen molar-refractivity contribution in [2.75, 3.05) is 0 Å². The first-order valence-electron chi connectivity index (χ1n) is 5.38. The molecule has 0 aromatic carbocycles. The zero-order valence-corrected chi connectivity index (χ0v) is 11.7. The van der Waals surface area contributed by atoms with Gasteiger partial charge in [-0.05, 0) is 31.3 Å². The van der Waals surface area contributed by atoms with Gasteiger partial charge in [0.1, 0.15) is 4.88 Å².